The van der Waals surface area contributed by atoms with Crippen molar-refractivity contribution >= 4 is 5.95 Å². The van der Waals surface area contributed by atoms with Crippen molar-refractivity contribution in [1.29, 1.82) is 0 Å². The highest BCUT2D eigenvalue weighted by Gasteiger charge is 2.22. The van der Waals surface area contributed by atoms with Crippen LogP contribution in [-0.2, 0) is 6.54 Å². The van der Waals surface area contributed by atoms with Crippen molar-refractivity contribution in [1.82, 2.24) is 9.55 Å². The number of anilines is 1. The summed E-state index contributed by atoms with van der Waals surface area (Å²) in [4.78, 5) is 4.59. The number of imidazole rings is 1. The molecule has 1 atom stereocenters. The Morgan fingerprint density at radius 3 is 2.82 bits per heavy atom. The van der Waals surface area contributed by atoms with Gasteiger partial charge in [-0.1, -0.05) is 19.8 Å². The van der Waals surface area contributed by atoms with Crippen molar-refractivity contribution < 1.29 is 0 Å². The number of hydrogen-bond donors (Lipinski definition) is 1. The van der Waals surface area contributed by atoms with Crippen LogP contribution in [0.15, 0.2) is 6.20 Å². The summed E-state index contributed by atoms with van der Waals surface area (Å²) in [5, 5.41) is 3.61. The summed E-state index contributed by atoms with van der Waals surface area (Å²) in [6.45, 7) is 7.63. The molecule has 0 aromatic carbocycles. The molecule has 0 radical (unpaired) electrons. The number of nitrogens with one attached hydrogen (secondary N) is 1. The second-order valence-electron chi connectivity index (χ2n) is 5.38. The molecule has 1 unspecified atom stereocenters. The molecular weight excluding hydrogens is 210 g/mol. The molecule has 3 nitrogen and oxygen atoms in total. The van der Waals surface area contributed by atoms with Crippen LogP contribution < -0.4 is 5.32 Å². The molecule has 96 valence electrons. The monoisotopic (exact) mass is 235 g/mol. The van der Waals surface area contributed by atoms with E-state index in [0.29, 0.717) is 6.04 Å². The molecule has 1 fully saturated rings. The first kappa shape index (κ1) is 12.5. The summed E-state index contributed by atoms with van der Waals surface area (Å²) in [6.07, 6.45) is 8.86. The Morgan fingerprint density at radius 1 is 1.47 bits per heavy atom. The van der Waals surface area contributed by atoms with Gasteiger partial charge in [-0.05, 0) is 39.0 Å². The maximum Gasteiger partial charge on any atom is 0.203 e. The molecule has 0 spiro atoms. The minimum absolute atomic E-state index is 0.551. The van der Waals surface area contributed by atoms with E-state index >= 15 is 0 Å². The van der Waals surface area contributed by atoms with Crippen LogP contribution in [-0.4, -0.2) is 15.6 Å². The Hall–Kier alpha value is -0.990. The van der Waals surface area contributed by atoms with Gasteiger partial charge in [-0.3, -0.25) is 0 Å². The standard InChI is InChI=1S/C14H25N3/c1-4-9-17-10-11(2)15-14(17)16-12(3)13-7-5-6-8-13/h10,12-13H,4-9H2,1-3H3,(H,15,16). The maximum absolute atomic E-state index is 4.59. The minimum Gasteiger partial charge on any atom is -0.353 e. The third-order valence-corrected chi connectivity index (χ3v) is 3.83. The highest BCUT2D eigenvalue weighted by Crippen LogP contribution is 2.29. The lowest BCUT2D eigenvalue weighted by Crippen LogP contribution is -2.25. The zero-order valence-electron chi connectivity index (χ0n) is 11.4. The van der Waals surface area contributed by atoms with E-state index in [0.717, 1.165) is 30.5 Å². The summed E-state index contributed by atoms with van der Waals surface area (Å²) < 4.78 is 2.25. The van der Waals surface area contributed by atoms with E-state index in [9.17, 15) is 0 Å². The Morgan fingerprint density at radius 2 is 2.18 bits per heavy atom. The van der Waals surface area contributed by atoms with Crippen LogP contribution in [0.5, 0.6) is 0 Å². The average molecular weight is 235 g/mol. The molecule has 0 saturated heterocycles. The van der Waals surface area contributed by atoms with E-state index in [-0.39, 0.29) is 0 Å². The summed E-state index contributed by atoms with van der Waals surface area (Å²) in [6, 6.07) is 0.551. The first-order valence-corrected chi connectivity index (χ1v) is 7.01. The highest BCUT2D eigenvalue weighted by atomic mass is 15.2. The zero-order chi connectivity index (χ0) is 12.3. The second-order valence-corrected chi connectivity index (χ2v) is 5.38. The van der Waals surface area contributed by atoms with E-state index in [2.05, 4.69) is 41.8 Å². The molecule has 2 rings (SSSR count). The normalized spacial score (nSPS) is 18.5. The van der Waals surface area contributed by atoms with Crippen LogP contribution >= 0.6 is 0 Å². The Bertz CT molecular complexity index is 350. The number of hydrogen-bond acceptors (Lipinski definition) is 2. The fraction of sp³-hybridized carbons (Fsp3) is 0.786. The molecule has 0 amide bonds. The lowest BCUT2D eigenvalue weighted by atomic mass is 10.0. The van der Waals surface area contributed by atoms with Gasteiger partial charge in [0.05, 0.1) is 5.69 Å². The number of aromatic nitrogens is 2. The molecule has 1 aromatic rings. The van der Waals surface area contributed by atoms with Gasteiger partial charge in [0.15, 0.2) is 0 Å². The van der Waals surface area contributed by atoms with Gasteiger partial charge >= 0.3 is 0 Å². The van der Waals surface area contributed by atoms with E-state index in [1.807, 2.05) is 0 Å². The first-order valence-electron chi connectivity index (χ1n) is 7.01. The quantitative estimate of drug-likeness (QED) is 0.845. The van der Waals surface area contributed by atoms with E-state index in [1.54, 1.807) is 0 Å². The van der Waals surface area contributed by atoms with Gasteiger partial charge in [0, 0.05) is 18.8 Å². The van der Waals surface area contributed by atoms with E-state index < -0.39 is 0 Å². The molecule has 1 N–H and O–H groups in total. The average Bonchev–Trinajstić information content (AvgIpc) is 2.89. The number of nitrogens with zero attached hydrogens (tertiary/aromatic N) is 2. The summed E-state index contributed by atoms with van der Waals surface area (Å²) in [5.74, 6) is 1.89. The third kappa shape index (κ3) is 3.02. The van der Waals surface area contributed by atoms with Gasteiger partial charge in [0.2, 0.25) is 5.95 Å². The molecule has 1 saturated carbocycles. The van der Waals surface area contributed by atoms with Gasteiger partial charge in [-0.2, -0.15) is 0 Å². The van der Waals surface area contributed by atoms with Gasteiger partial charge in [0.25, 0.3) is 0 Å². The van der Waals surface area contributed by atoms with Gasteiger partial charge in [0.1, 0.15) is 0 Å². The Labute approximate surface area is 105 Å². The molecule has 1 heterocycles. The maximum atomic E-state index is 4.59. The van der Waals surface area contributed by atoms with Gasteiger partial charge in [-0.15, -0.1) is 0 Å². The van der Waals surface area contributed by atoms with Crippen molar-refractivity contribution in [3.63, 3.8) is 0 Å². The van der Waals surface area contributed by atoms with Crippen LogP contribution in [0.3, 0.4) is 0 Å². The second kappa shape index (κ2) is 5.56. The van der Waals surface area contributed by atoms with Crippen molar-refractivity contribution in [3.05, 3.63) is 11.9 Å². The van der Waals surface area contributed by atoms with Crippen LogP contribution in [0.25, 0.3) is 0 Å². The van der Waals surface area contributed by atoms with Crippen molar-refractivity contribution in [2.45, 2.75) is 65.5 Å². The van der Waals surface area contributed by atoms with Crippen molar-refractivity contribution in [3.8, 4) is 0 Å². The molecule has 1 aromatic heterocycles. The molecule has 1 aliphatic rings. The summed E-state index contributed by atoms with van der Waals surface area (Å²) >= 11 is 0. The molecule has 17 heavy (non-hydrogen) atoms. The smallest absolute Gasteiger partial charge is 0.203 e. The van der Waals surface area contributed by atoms with Crippen LogP contribution in [0.1, 0.15) is 51.6 Å². The summed E-state index contributed by atoms with van der Waals surface area (Å²) in [7, 11) is 0. The lowest BCUT2D eigenvalue weighted by Gasteiger charge is -2.21. The molecule has 3 heteroatoms. The third-order valence-electron chi connectivity index (χ3n) is 3.83. The fourth-order valence-electron chi connectivity index (χ4n) is 2.85. The van der Waals surface area contributed by atoms with E-state index in [4.69, 9.17) is 0 Å². The molecule has 1 aliphatic carbocycles. The SMILES string of the molecule is CCCn1cc(C)nc1NC(C)C1CCCC1. The van der Waals surface area contributed by atoms with Crippen LogP contribution in [0.2, 0.25) is 0 Å². The molecule has 0 aliphatic heterocycles. The van der Waals surface area contributed by atoms with Crippen molar-refractivity contribution in [2.75, 3.05) is 5.32 Å². The predicted molar refractivity (Wildman–Crippen MR) is 72.3 cm³/mol. The van der Waals surface area contributed by atoms with Crippen LogP contribution in [0, 0.1) is 12.8 Å². The van der Waals surface area contributed by atoms with Crippen molar-refractivity contribution in [2.24, 2.45) is 5.92 Å². The molecule has 0 bridgehead atoms. The fourth-order valence-corrected chi connectivity index (χ4v) is 2.85. The Kier molecular flexibility index (Phi) is 4.08. The minimum atomic E-state index is 0.551. The van der Waals surface area contributed by atoms with E-state index in [1.165, 1.54) is 25.7 Å². The molecular formula is C14H25N3. The Balaban J connectivity index is 2.01. The highest BCUT2D eigenvalue weighted by molar-refractivity contribution is 5.30. The topological polar surface area (TPSA) is 29.9 Å². The van der Waals surface area contributed by atoms with Crippen LogP contribution in [0.4, 0.5) is 5.95 Å². The predicted octanol–water partition coefficient (Wildman–Crippen LogP) is 3.59. The van der Waals surface area contributed by atoms with Gasteiger partial charge < -0.3 is 9.88 Å². The van der Waals surface area contributed by atoms with Gasteiger partial charge in [-0.25, -0.2) is 4.98 Å². The number of aryl methyl sites for hydroxylation is 2. The first-order chi connectivity index (χ1) is 8.20. The summed E-state index contributed by atoms with van der Waals surface area (Å²) in [5.41, 5.74) is 1.11. The number of rotatable bonds is 5. The zero-order valence-corrected chi connectivity index (χ0v) is 11.4. The largest absolute Gasteiger partial charge is 0.353 e. The lowest BCUT2D eigenvalue weighted by molar-refractivity contribution is 0.477.